The van der Waals surface area contributed by atoms with Gasteiger partial charge in [-0.15, -0.1) is 0 Å². The van der Waals surface area contributed by atoms with E-state index in [9.17, 15) is 14.7 Å². The Bertz CT molecular complexity index is 1240. The number of nitrogens with one attached hydrogen (secondary N) is 1. The van der Waals surface area contributed by atoms with Crippen LogP contribution in [0.2, 0.25) is 0 Å². The number of carboxylic acids is 1. The first kappa shape index (κ1) is 21.1. The average Bonchev–Trinajstić information content (AvgIpc) is 3.18. The van der Waals surface area contributed by atoms with Crippen LogP contribution in [0.3, 0.4) is 0 Å². The predicted molar refractivity (Wildman–Crippen MR) is 122 cm³/mol. The summed E-state index contributed by atoms with van der Waals surface area (Å²) in [5.41, 5.74) is 4.95. The zero-order chi connectivity index (χ0) is 22.5. The van der Waals surface area contributed by atoms with Gasteiger partial charge in [0.15, 0.2) is 5.76 Å². The first-order valence-electron chi connectivity index (χ1n) is 10.3. The molecule has 0 fully saturated rings. The molecule has 6 heteroatoms. The van der Waals surface area contributed by atoms with Gasteiger partial charge in [-0.05, 0) is 42.2 Å². The zero-order valence-corrected chi connectivity index (χ0v) is 17.5. The number of carboxylic acid groups (broad SMARTS) is 1. The predicted octanol–water partition coefficient (Wildman–Crippen LogP) is 5.59. The minimum absolute atomic E-state index is 0.108. The van der Waals surface area contributed by atoms with Crippen LogP contribution in [0.4, 0.5) is 5.69 Å². The number of benzene rings is 3. The minimum Gasteiger partial charge on any atom is -0.478 e. The van der Waals surface area contributed by atoms with Gasteiger partial charge in [-0.2, -0.15) is 0 Å². The van der Waals surface area contributed by atoms with E-state index < -0.39 is 5.97 Å². The Balaban J connectivity index is 1.50. The highest BCUT2D eigenvalue weighted by molar-refractivity contribution is 5.95. The summed E-state index contributed by atoms with van der Waals surface area (Å²) < 4.78 is 5.50. The van der Waals surface area contributed by atoms with Crippen molar-refractivity contribution in [1.29, 1.82) is 0 Å². The molecular formula is C26H22N2O4. The SMILES string of the molecule is Cc1noc(-c2ccc(-c3cccc(C(=O)O)c3)cc2)c1NC(=O)CCc1ccccc1. The number of hydrogen-bond acceptors (Lipinski definition) is 4. The average molecular weight is 426 g/mol. The molecule has 0 bridgehead atoms. The van der Waals surface area contributed by atoms with Crippen LogP contribution in [0.5, 0.6) is 0 Å². The summed E-state index contributed by atoms with van der Waals surface area (Å²) in [7, 11) is 0. The van der Waals surface area contributed by atoms with E-state index in [1.807, 2.05) is 60.7 Å². The van der Waals surface area contributed by atoms with Crippen LogP contribution in [0.1, 0.15) is 28.0 Å². The molecule has 1 heterocycles. The fourth-order valence-corrected chi connectivity index (χ4v) is 3.46. The van der Waals surface area contributed by atoms with Crippen molar-refractivity contribution in [1.82, 2.24) is 5.16 Å². The molecule has 6 nitrogen and oxygen atoms in total. The van der Waals surface area contributed by atoms with Crippen molar-refractivity contribution in [3.8, 4) is 22.5 Å². The first-order chi connectivity index (χ1) is 15.5. The van der Waals surface area contributed by atoms with Crippen LogP contribution < -0.4 is 5.32 Å². The molecule has 0 saturated heterocycles. The number of aromatic nitrogens is 1. The molecule has 160 valence electrons. The third kappa shape index (κ3) is 4.75. The Morgan fingerprint density at radius 2 is 1.62 bits per heavy atom. The number of amides is 1. The van der Waals surface area contributed by atoms with Gasteiger partial charge in [-0.1, -0.05) is 71.9 Å². The molecule has 0 unspecified atom stereocenters. The third-order valence-corrected chi connectivity index (χ3v) is 5.20. The molecule has 0 aliphatic carbocycles. The second kappa shape index (κ2) is 9.31. The Morgan fingerprint density at radius 3 is 2.34 bits per heavy atom. The fourth-order valence-electron chi connectivity index (χ4n) is 3.46. The summed E-state index contributed by atoms with van der Waals surface area (Å²) in [6.45, 7) is 1.78. The third-order valence-electron chi connectivity index (χ3n) is 5.20. The molecule has 0 atom stereocenters. The molecule has 4 aromatic rings. The number of rotatable bonds is 7. The minimum atomic E-state index is -0.965. The van der Waals surface area contributed by atoms with Gasteiger partial charge in [-0.25, -0.2) is 4.79 Å². The van der Waals surface area contributed by atoms with Gasteiger partial charge in [-0.3, -0.25) is 4.79 Å². The van der Waals surface area contributed by atoms with E-state index >= 15 is 0 Å². The van der Waals surface area contributed by atoms with Gasteiger partial charge >= 0.3 is 5.97 Å². The lowest BCUT2D eigenvalue weighted by Crippen LogP contribution is -2.13. The van der Waals surface area contributed by atoms with Crippen molar-refractivity contribution >= 4 is 17.6 Å². The standard InChI is InChI=1S/C26H22N2O4/c1-17-24(27-23(29)15-10-18-6-3-2-4-7-18)25(32-28-17)20-13-11-19(12-14-20)21-8-5-9-22(16-21)26(30)31/h2-9,11-14,16H,10,15H2,1H3,(H,27,29)(H,30,31). The molecule has 0 aliphatic heterocycles. The van der Waals surface area contributed by atoms with Gasteiger partial charge < -0.3 is 14.9 Å². The lowest BCUT2D eigenvalue weighted by Gasteiger charge is -2.07. The Morgan fingerprint density at radius 1 is 0.906 bits per heavy atom. The normalized spacial score (nSPS) is 10.7. The summed E-state index contributed by atoms with van der Waals surface area (Å²) in [6.07, 6.45) is 1.00. The molecule has 4 rings (SSSR count). The van der Waals surface area contributed by atoms with Crippen molar-refractivity contribution in [3.63, 3.8) is 0 Å². The van der Waals surface area contributed by atoms with E-state index in [4.69, 9.17) is 4.52 Å². The van der Waals surface area contributed by atoms with Crippen molar-refractivity contribution in [2.75, 3.05) is 5.32 Å². The Labute approximate surface area is 185 Å². The molecule has 2 N–H and O–H groups in total. The largest absolute Gasteiger partial charge is 0.478 e. The van der Waals surface area contributed by atoms with Gasteiger partial charge in [0.25, 0.3) is 0 Å². The lowest BCUT2D eigenvalue weighted by atomic mass is 10.0. The number of anilines is 1. The maximum Gasteiger partial charge on any atom is 0.335 e. The maximum absolute atomic E-state index is 12.5. The maximum atomic E-state index is 12.5. The summed E-state index contributed by atoms with van der Waals surface area (Å²) >= 11 is 0. The van der Waals surface area contributed by atoms with Crippen LogP contribution in [0.25, 0.3) is 22.5 Å². The number of aryl methyl sites for hydroxylation is 2. The summed E-state index contributed by atoms with van der Waals surface area (Å²) in [5, 5.41) is 16.2. The second-order valence-electron chi connectivity index (χ2n) is 7.47. The van der Waals surface area contributed by atoms with E-state index in [0.29, 0.717) is 30.0 Å². The molecule has 0 radical (unpaired) electrons. The molecule has 0 saturated carbocycles. The van der Waals surface area contributed by atoms with Crippen molar-refractivity contribution in [3.05, 3.63) is 95.7 Å². The van der Waals surface area contributed by atoms with Crippen molar-refractivity contribution in [2.24, 2.45) is 0 Å². The zero-order valence-electron chi connectivity index (χ0n) is 17.5. The number of carbonyl (C=O) groups excluding carboxylic acids is 1. The monoisotopic (exact) mass is 426 g/mol. The summed E-state index contributed by atoms with van der Waals surface area (Å²) in [6, 6.07) is 24.1. The molecule has 1 aromatic heterocycles. The van der Waals surface area contributed by atoms with E-state index in [1.165, 1.54) is 0 Å². The highest BCUT2D eigenvalue weighted by Gasteiger charge is 2.17. The van der Waals surface area contributed by atoms with Crippen molar-refractivity contribution in [2.45, 2.75) is 19.8 Å². The Hall–Kier alpha value is -4.19. The van der Waals surface area contributed by atoms with E-state index in [2.05, 4.69) is 10.5 Å². The summed E-state index contributed by atoms with van der Waals surface area (Å²) in [4.78, 5) is 23.7. The Kier molecular flexibility index (Phi) is 6.12. The van der Waals surface area contributed by atoms with Gasteiger partial charge in [0.05, 0.1) is 5.56 Å². The number of carbonyl (C=O) groups is 2. The molecule has 0 aliphatic rings. The van der Waals surface area contributed by atoms with Gasteiger partial charge in [0.2, 0.25) is 5.91 Å². The molecular weight excluding hydrogens is 404 g/mol. The fraction of sp³-hybridized carbons (Fsp3) is 0.115. The topological polar surface area (TPSA) is 92.4 Å². The lowest BCUT2D eigenvalue weighted by molar-refractivity contribution is -0.116. The number of nitrogens with zero attached hydrogens (tertiary/aromatic N) is 1. The van der Waals surface area contributed by atoms with E-state index in [0.717, 1.165) is 22.3 Å². The van der Waals surface area contributed by atoms with Gasteiger partial charge in [0.1, 0.15) is 11.4 Å². The van der Waals surface area contributed by atoms with Crippen LogP contribution in [0, 0.1) is 6.92 Å². The van der Waals surface area contributed by atoms with Crippen LogP contribution in [0.15, 0.2) is 83.4 Å². The smallest absolute Gasteiger partial charge is 0.335 e. The van der Waals surface area contributed by atoms with Gasteiger partial charge in [0, 0.05) is 12.0 Å². The number of aromatic carboxylic acids is 1. The van der Waals surface area contributed by atoms with Crippen LogP contribution in [-0.4, -0.2) is 22.1 Å². The van der Waals surface area contributed by atoms with Crippen LogP contribution in [-0.2, 0) is 11.2 Å². The summed E-state index contributed by atoms with van der Waals surface area (Å²) in [5.74, 6) is -0.585. The molecule has 0 spiro atoms. The highest BCUT2D eigenvalue weighted by atomic mass is 16.5. The van der Waals surface area contributed by atoms with Crippen LogP contribution >= 0.6 is 0 Å². The second-order valence-corrected chi connectivity index (χ2v) is 7.47. The van der Waals surface area contributed by atoms with Crippen molar-refractivity contribution < 1.29 is 19.2 Å². The first-order valence-corrected chi connectivity index (χ1v) is 10.3. The number of hydrogen-bond donors (Lipinski definition) is 2. The van der Waals surface area contributed by atoms with E-state index in [-0.39, 0.29) is 11.5 Å². The van der Waals surface area contributed by atoms with E-state index in [1.54, 1.807) is 25.1 Å². The molecule has 32 heavy (non-hydrogen) atoms. The molecule has 1 amide bonds. The quantitative estimate of drug-likeness (QED) is 0.402. The highest BCUT2D eigenvalue weighted by Crippen LogP contribution is 2.32. The molecule has 3 aromatic carbocycles.